The first-order chi connectivity index (χ1) is 9.22. The zero-order valence-electron chi connectivity index (χ0n) is 12.2. The molecule has 1 aliphatic heterocycles. The Labute approximate surface area is 116 Å². The number of likely N-dealkylation sites (tertiary alicyclic amines) is 1. The molecule has 1 aromatic heterocycles. The predicted molar refractivity (Wildman–Crippen MR) is 80.2 cm³/mol. The smallest absolute Gasteiger partial charge is 0.128 e. The molecule has 4 nitrogen and oxygen atoms in total. The van der Waals surface area contributed by atoms with Gasteiger partial charge in [0.2, 0.25) is 0 Å². The highest BCUT2D eigenvalue weighted by Gasteiger charge is 2.18. The maximum absolute atomic E-state index is 5.78. The van der Waals surface area contributed by atoms with E-state index >= 15 is 0 Å². The van der Waals surface area contributed by atoms with Gasteiger partial charge in [-0.1, -0.05) is 6.07 Å². The number of hydrogen-bond donors (Lipinski definition) is 1. The average Bonchev–Trinajstić information content (AvgIpc) is 2.47. The van der Waals surface area contributed by atoms with E-state index in [4.69, 9.17) is 5.73 Å². The maximum Gasteiger partial charge on any atom is 0.128 e. The second-order valence-electron chi connectivity index (χ2n) is 5.52. The van der Waals surface area contributed by atoms with Gasteiger partial charge in [-0.15, -0.1) is 0 Å². The Morgan fingerprint density at radius 2 is 2.32 bits per heavy atom. The van der Waals surface area contributed by atoms with Crippen molar-refractivity contribution in [2.75, 3.05) is 38.1 Å². The average molecular weight is 262 g/mol. The van der Waals surface area contributed by atoms with Gasteiger partial charge in [-0.05, 0) is 50.4 Å². The summed E-state index contributed by atoms with van der Waals surface area (Å²) in [5.41, 5.74) is 7.08. The van der Waals surface area contributed by atoms with Crippen LogP contribution in [0.25, 0.3) is 0 Å². The summed E-state index contributed by atoms with van der Waals surface area (Å²) in [6, 6.07) is 4.31. The second-order valence-corrected chi connectivity index (χ2v) is 5.52. The highest BCUT2D eigenvalue weighted by molar-refractivity contribution is 5.37. The summed E-state index contributed by atoms with van der Waals surface area (Å²) in [6.45, 7) is 7.25. The SMILES string of the molecule is CCN(C)c1ccc(CN2CCCC(CN)C2)cn1. The number of pyridine rings is 1. The van der Waals surface area contributed by atoms with E-state index in [1.807, 2.05) is 6.20 Å². The minimum absolute atomic E-state index is 0.673. The molecule has 1 saturated heterocycles. The Morgan fingerprint density at radius 1 is 1.47 bits per heavy atom. The van der Waals surface area contributed by atoms with Crippen LogP contribution in [0.5, 0.6) is 0 Å². The molecule has 1 atom stereocenters. The fraction of sp³-hybridized carbons (Fsp3) is 0.667. The van der Waals surface area contributed by atoms with E-state index in [1.165, 1.54) is 24.9 Å². The molecular formula is C15H26N4. The number of rotatable bonds is 5. The first kappa shape index (κ1) is 14.3. The van der Waals surface area contributed by atoms with Crippen molar-refractivity contribution in [3.8, 4) is 0 Å². The standard InChI is InChI=1S/C15H26N4/c1-3-18(2)15-7-6-14(10-17-15)12-19-8-4-5-13(9-16)11-19/h6-7,10,13H,3-5,8-9,11-12,16H2,1-2H3. The molecule has 4 heteroatoms. The van der Waals surface area contributed by atoms with E-state index in [9.17, 15) is 0 Å². The predicted octanol–water partition coefficient (Wildman–Crippen LogP) is 1.71. The van der Waals surface area contributed by atoms with Gasteiger partial charge in [-0.3, -0.25) is 4.90 Å². The summed E-state index contributed by atoms with van der Waals surface area (Å²) in [5.74, 6) is 1.72. The van der Waals surface area contributed by atoms with Crippen molar-refractivity contribution in [3.05, 3.63) is 23.9 Å². The van der Waals surface area contributed by atoms with E-state index in [0.717, 1.165) is 32.0 Å². The van der Waals surface area contributed by atoms with Gasteiger partial charge in [-0.2, -0.15) is 0 Å². The number of nitrogens with zero attached hydrogens (tertiary/aromatic N) is 3. The van der Waals surface area contributed by atoms with Crippen LogP contribution in [0.4, 0.5) is 5.82 Å². The molecule has 1 aromatic rings. The van der Waals surface area contributed by atoms with Crippen molar-refractivity contribution in [3.63, 3.8) is 0 Å². The van der Waals surface area contributed by atoms with Gasteiger partial charge in [0.05, 0.1) is 0 Å². The number of piperidine rings is 1. The largest absolute Gasteiger partial charge is 0.360 e. The van der Waals surface area contributed by atoms with Crippen molar-refractivity contribution in [1.29, 1.82) is 0 Å². The molecule has 1 fully saturated rings. The van der Waals surface area contributed by atoms with E-state index in [2.05, 4.69) is 40.9 Å². The second kappa shape index (κ2) is 6.87. The van der Waals surface area contributed by atoms with Crippen LogP contribution >= 0.6 is 0 Å². The summed E-state index contributed by atoms with van der Waals surface area (Å²) in [4.78, 5) is 9.18. The van der Waals surface area contributed by atoms with Gasteiger partial charge in [0, 0.05) is 32.9 Å². The Bertz CT molecular complexity index is 376. The number of nitrogens with two attached hydrogens (primary N) is 1. The minimum atomic E-state index is 0.673. The molecule has 0 radical (unpaired) electrons. The van der Waals surface area contributed by atoms with Crippen LogP contribution in [0.1, 0.15) is 25.3 Å². The van der Waals surface area contributed by atoms with Crippen molar-refractivity contribution in [2.24, 2.45) is 11.7 Å². The van der Waals surface area contributed by atoms with Gasteiger partial charge >= 0.3 is 0 Å². The third-order valence-corrected chi connectivity index (χ3v) is 4.02. The molecule has 1 unspecified atom stereocenters. The number of hydrogen-bond acceptors (Lipinski definition) is 4. The van der Waals surface area contributed by atoms with Gasteiger partial charge in [0.15, 0.2) is 0 Å². The van der Waals surface area contributed by atoms with Crippen molar-refractivity contribution >= 4 is 5.82 Å². The molecule has 0 bridgehead atoms. The monoisotopic (exact) mass is 262 g/mol. The maximum atomic E-state index is 5.78. The number of anilines is 1. The van der Waals surface area contributed by atoms with E-state index in [-0.39, 0.29) is 0 Å². The fourth-order valence-corrected chi connectivity index (χ4v) is 2.64. The molecule has 0 saturated carbocycles. The molecule has 0 amide bonds. The molecule has 2 N–H and O–H groups in total. The minimum Gasteiger partial charge on any atom is -0.360 e. The lowest BCUT2D eigenvalue weighted by atomic mass is 9.98. The van der Waals surface area contributed by atoms with Crippen molar-refractivity contribution in [2.45, 2.75) is 26.3 Å². The lowest BCUT2D eigenvalue weighted by Gasteiger charge is -2.32. The normalized spacial score (nSPS) is 20.5. The third kappa shape index (κ3) is 3.91. The Hall–Kier alpha value is -1.13. The Kier molecular flexibility index (Phi) is 5.16. The first-order valence-electron chi connectivity index (χ1n) is 7.31. The van der Waals surface area contributed by atoms with Gasteiger partial charge in [0.25, 0.3) is 0 Å². The summed E-state index contributed by atoms with van der Waals surface area (Å²) in [5, 5.41) is 0. The van der Waals surface area contributed by atoms with Crippen LogP contribution < -0.4 is 10.6 Å². The van der Waals surface area contributed by atoms with Crippen LogP contribution in [0.15, 0.2) is 18.3 Å². The van der Waals surface area contributed by atoms with Crippen LogP contribution in [-0.4, -0.2) is 43.1 Å². The van der Waals surface area contributed by atoms with Crippen LogP contribution in [0.2, 0.25) is 0 Å². The summed E-state index contributed by atoms with van der Waals surface area (Å²) in [6.07, 6.45) is 4.56. The van der Waals surface area contributed by atoms with Crippen molar-refractivity contribution in [1.82, 2.24) is 9.88 Å². The van der Waals surface area contributed by atoms with E-state index in [1.54, 1.807) is 0 Å². The molecule has 2 rings (SSSR count). The third-order valence-electron chi connectivity index (χ3n) is 4.02. The lowest BCUT2D eigenvalue weighted by molar-refractivity contribution is 0.171. The number of aromatic nitrogens is 1. The molecule has 0 aliphatic carbocycles. The highest BCUT2D eigenvalue weighted by Crippen LogP contribution is 2.18. The zero-order chi connectivity index (χ0) is 13.7. The quantitative estimate of drug-likeness (QED) is 0.877. The van der Waals surface area contributed by atoms with E-state index < -0.39 is 0 Å². The topological polar surface area (TPSA) is 45.4 Å². The molecule has 0 spiro atoms. The van der Waals surface area contributed by atoms with E-state index in [0.29, 0.717) is 5.92 Å². The zero-order valence-corrected chi connectivity index (χ0v) is 12.2. The molecule has 19 heavy (non-hydrogen) atoms. The van der Waals surface area contributed by atoms with Gasteiger partial charge in [0.1, 0.15) is 5.82 Å². The van der Waals surface area contributed by atoms with Gasteiger partial charge in [-0.25, -0.2) is 4.98 Å². The Balaban J connectivity index is 1.92. The van der Waals surface area contributed by atoms with Crippen LogP contribution in [0, 0.1) is 5.92 Å². The fourth-order valence-electron chi connectivity index (χ4n) is 2.64. The summed E-state index contributed by atoms with van der Waals surface area (Å²) >= 11 is 0. The molecule has 0 aromatic carbocycles. The molecule has 2 heterocycles. The summed E-state index contributed by atoms with van der Waals surface area (Å²) < 4.78 is 0. The first-order valence-corrected chi connectivity index (χ1v) is 7.31. The Morgan fingerprint density at radius 3 is 2.95 bits per heavy atom. The summed E-state index contributed by atoms with van der Waals surface area (Å²) in [7, 11) is 2.07. The van der Waals surface area contributed by atoms with Gasteiger partial charge < -0.3 is 10.6 Å². The van der Waals surface area contributed by atoms with Crippen LogP contribution in [0.3, 0.4) is 0 Å². The van der Waals surface area contributed by atoms with Crippen LogP contribution in [-0.2, 0) is 6.54 Å². The highest BCUT2D eigenvalue weighted by atomic mass is 15.2. The lowest BCUT2D eigenvalue weighted by Crippen LogP contribution is -2.37. The van der Waals surface area contributed by atoms with Crippen molar-refractivity contribution < 1.29 is 0 Å². The molecule has 1 aliphatic rings. The molecule has 106 valence electrons. The molecular weight excluding hydrogens is 236 g/mol.